The molecule has 0 atom stereocenters. The van der Waals surface area contributed by atoms with E-state index in [-0.39, 0.29) is 18.0 Å². The standard InChI is InChI=1S/C25H18BrFN2O4/c1-32-25(31)16-6-9-21(10-7-16)29-24(30)19(14-28)12-18-13-20(26)8-11-23(18)33-15-17-4-2-3-5-22(17)27/h2-13H,15H2,1H3,(H,29,30)/b19-12+. The summed E-state index contributed by atoms with van der Waals surface area (Å²) < 4.78 is 25.0. The number of hydrogen-bond acceptors (Lipinski definition) is 5. The molecule has 0 saturated carbocycles. The number of carbonyl (C=O) groups excluding carboxylic acids is 2. The predicted octanol–water partition coefficient (Wildman–Crippen LogP) is 5.50. The van der Waals surface area contributed by atoms with E-state index in [2.05, 4.69) is 26.0 Å². The molecule has 0 fully saturated rings. The minimum absolute atomic E-state index is 0.0181. The lowest BCUT2D eigenvalue weighted by molar-refractivity contribution is -0.112. The second kappa shape index (κ2) is 11.1. The summed E-state index contributed by atoms with van der Waals surface area (Å²) in [5.41, 5.74) is 1.41. The molecule has 0 aliphatic rings. The van der Waals surface area contributed by atoms with Gasteiger partial charge in [-0.1, -0.05) is 34.1 Å². The Bertz CT molecular complexity index is 1250. The Kier molecular flexibility index (Phi) is 7.95. The number of amides is 1. The van der Waals surface area contributed by atoms with Crippen molar-refractivity contribution in [3.8, 4) is 11.8 Å². The predicted molar refractivity (Wildman–Crippen MR) is 125 cm³/mol. The van der Waals surface area contributed by atoms with Gasteiger partial charge < -0.3 is 14.8 Å². The summed E-state index contributed by atoms with van der Waals surface area (Å²) in [5, 5.41) is 12.2. The first-order valence-corrected chi connectivity index (χ1v) is 10.5. The molecule has 0 unspecified atom stereocenters. The fraction of sp³-hybridized carbons (Fsp3) is 0.0800. The Morgan fingerprint density at radius 1 is 1.12 bits per heavy atom. The van der Waals surface area contributed by atoms with Crippen molar-refractivity contribution in [2.75, 3.05) is 12.4 Å². The summed E-state index contributed by atoms with van der Waals surface area (Å²) in [7, 11) is 1.28. The van der Waals surface area contributed by atoms with E-state index in [0.29, 0.717) is 32.6 Å². The van der Waals surface area contributed by atoms with Gasteiger partial charge in [-0.2, -0.15) is 5.26 Å². The highest BCUT2D eigenvalue weighted by atomic mass is 79.9. The lowest BCUT2D eigenvalue weighted by Crippen LogP contribution is -2.13. The number of nitriles is 1. The van der Waals surface area contributed by atoms with Crippen molar-refractivity contribution in [1.29, 1.82) is 5.26 Å². The Balaban J connectivity index is 1.80. The molecular formula is C25H18BrFN2O4. The Morgan fingerprint density at radius 2 is 1.85 bits per heavy atom. The molecule has 0 spiro atoms. The summed E-state index contributed by atoms with van der Waals surface area (Å²) in [4.78, 5) is 24.2. The van der Waals surface area contributed by atoms with E-state index in [4.69, 9.17) is 4.74 Å². The van der Waals surface area contributed by atoms with Crippen LogP contribution in [0.15, 0.2) is 76.8 Å². The maximum Gasteiger partial charge on any atom is 0.337 e. The van der Waals surface area contributed by atoms with Crippen LogP contribution >= 0.6 is 15.9 Å². The smallest absolute Gasteiger partial charge is 0.337 e. The van der Waals surface area contributed by atoms with Crippen molar-refractivity contribution in [2.45, 2.75) is 6.61 Å². The number of esters is 1. The molecule has 166 valence electrons. The van der Waals surface area contributed by atoms with Gasteiger partial charge in [-0.15, -0.1) is 0 Å². The van der Waals surface area contributed by atoms with Gasteiger partial charge in [0.25, 0.3) is 5.91 Å². The normalized spacial score (nSPS) is 10.8. The maximum absolute atomic E-state index is 13.9. The molecule has 0 saturated heterocycles. The van der Waals surface area contributed by atoms with Crippen molar-refractivity contribution < 1.29 is 23.5 Å². The first-order valence-electron chi connectivity index (χ1n) is 9.68. The number of benzene rings is 3. The quantitative estimate of drug-likeness (QED) is 0.258. The molecule has 0 aliphatic carbocycles. The van der Waals surface area contributed by atoms with Crippen LogP contribution in [-0.4, -0.2) is 19.0 Å². The second-order valence-electron chi connectivity index (χ2n) is 6.76. The average molecular weight is 509 g/mol. The first-order chi connectivity index (χ1) is 15.9. The molecule has 3 aromatic rings. The lowest BCUT2D eigenvalue weighted by atomic mass is 10.1. The van der Waals surface area contributed by atoms with Crippen LogP contribution in [0.4, 0.5) is 10.1 Å². The molecule has 6 nitrogen and oxygen atoms in total. The van der Waals surface area contributed by atoms with Crippen LogP contribution < -0.4 is 10.1 Å². The van der Waals surface area contributed by atoms with Crippen LogP contribution in [0.3, 0.4) is 0 Å². The number of nitrogens with zero attached hydrogens (tertiary/aromatic N) is 1. The van der Waals surface area contributed by atoms with Crippen LogP contribution in [0.25, 0.3) is 6.08 Å². The van der Waals surface area contributed by atoms with E-state index in [0.717, 1.165) is 0 Å². The fourth-order valence-corrected chi connectivity index (χ4v) is 3.22. The summed E-state index contributed by atoms with van der Waals surface area (Å²) in [5.74, 6) is -1.14. The van der Waals surface area contributed by atoms with Gasteiger partial charge in [-0.05, 0) is 54.6 Å². The van der Waals surface area contributed by atoms with Gasteiger partial charge in [-0.25, -0.2) is 9.18 Å². The highest BCUT2D eigenvalue weighted by Gasteiger charge is 2.13. The maximum atomic E-state index is 13.9. The van der Waals surface area contributed by atoms with E-state index >= 15 is 0 Å². The zero-order chi connectivity index (χ0) is 23.8. The van der Waals surface area contributed by atoms with E-state index in [9.17, 15) is 19.2 Å². The highest BCUT2D eigenvalue weighted by molar-refractivity contribution is 9.10. The number of methoxy groups -OCH3 is 1. The van der Waals surface area contributed by atoms with E-state index in [1.54, 1.807) is 36.4 Å². The summed E-state index contributed by atoms with van der Waals surface area (Å²) in [6, 6.07) is 19.3. The largest absolute Gasteiger partial charge is 0.488 e. The van der Waals surface area contributed by atoms with Gasteiger partial charge in [0, 0.05) is 21.3 Å². The third-order valence-electron chi connectivity index (χ3n) is 4.54. The van der Waals surface area contributed by atoms with Gasteiger partial charge in [0.05, 0.1) is 12.7 Å². The number of carbonyl (C=O) groups is 2. The molecule has 3 aromatic carbocycles. The zero-order valence-corrected chi connectivity index (χ0v) is 19.1. The van der Waals surface area contributed by atoms with Crippen molar-refractivity contribution in [1.82, 2.24) is 0 Å². The summed E-state index contributed by atoms with van der Waals surface area (Å²) in [6.45, 7) is -0.0181. The molecule has 1 N–H and O–H groups in total. The van der Waals surface area contributed by atoms with Crippen molar-refractivity contribution in [2.24, 2.45) is 0 Å². The van der Waals surface area contributed by atoms with Crippen LogP contribution in [0.1, 0.15) is 21.5 Å². The van der Waals surface area contributed by atoms with Crippen LogP contribution in [0.5, 0.6) is 5.75 Å². The van der Waals surface area contributed by atoms with Crippen LogP contribution in [0, 0.1) is 17.1 Å². The van der Waals surface area contributed by atoms with Gasteiger partial charge in [0.1, 0.15) is 29.8 Å². The number of hydrogen-bond donors (Lipinski definition) is 1. The van der Waals surface area contributed by atoms with E-state index < -0.39 is 11.9 Å². The third-order valence-corrected chi connectivity index (χ3v) is 5.03. The highest BCUT2D eigenvalue weighted by Crippen LogP contribution is 2.27. The van der Waals surface area contributed by atoms with Crippen molar-refractivity contribution in [3.05, 3.63) is 99.3 Å². The molecular weight excluding hydrogens is 491 g/mol. The lowest BCUT2D eigenvalue weighted by Gasteiger charge is -2.11. The van der Waals surface area contributed by atoms with Crippen molar-refractivity contribution >= 4 is 39.6 Å². The van der Waals surface area contributed by atoms with Crippen LogP contribution in [-0.2, 0) is 16.1 Å². The number of rotatable bonds is 7. The number of halogens is 2. The molecule has 0 heterocycles. The van der Waals surface area contributed by atoms with Crippen molar-refractivity contribution in [3.63, 3.8) is 0 Å². The number of anilines is 1. The monoisotopic (exact) mass is 508 g/mol. The molecule has 1 amide bonds. The number of ether oxygens (including phenoxy) is 2. The Morgan fingerprint density at radius 3 is 2.52 bits per heavy atom. The molecule has 33 heavy (non-hydrogen) atoms. The zero-order valence-electron chi connectivity index (χ0n) is 17.5. The minimum atomic E-state index is -0.636. The average Bonchev–Trinajstić information content (AvgIpc) is 2.82. The summed E-state index contributed by atoms with van der Waals surface area (Å²) >= 11 is 3.36. The molecule has 0 radical (unpaired) electrons. The molecule has 8 heteroatoms. The minimum Gasteiger partial charge on any atom is -0.488 e. The van der Waals surface area contributed by atoms with E-state index in [1.165, 1.54) is 43.5 Å². The molecule has 3 rings (SSSR count). The molecule has 0 bridgehead atoms. The van der Waals surface area contributed by atoms with E-state index in [1.807, 2.05) is 6.07 Å². The Labute approximate surface area is 198 Å². The van der Waals surface area contributed by atoms with Gasteiger partial charge in [0.2, 0.25) is 0 Å². The topological polar surface area (TPSA) is 88.4 Å². The number of nitrogens with one attached hydrogen (secondary N) is 1. The second-order valence-corrected chi connectivity index (χ2v) is 7.67. The van der Waals surface area contributed by atoms with Gasteiger partial charge >= 0.3 is 5.97 Å². The first kappa shape index (κ1) is 23.7. The fourth-order valence-electron chi connectivity index (χ4n) is 2.84. The van der Waals surface area contributed by atoms with Crippen LogP contribution in [0.2, 0.25) is 0 Å². The molecule has 0 aromatic heterocycles. The molecule has 0 aliphatic heterocycles. The third kappa shape index (κ3) is 6.28. The Hall–Kier alpha value is -3.96. The van der Waals surface area contributed by atoms with Gasteiger partial charge in [-0.3, -0.25) is 4.79 Å². The SMILES string of the molecule is COC(=O)c1ccc(NC(=O)/C(C#N)=C/c2cc(Br)ccc2OCc2ccccc2F)cc1. The summed E-state index contributed by atoms with van der Waals surface area (Å²) in [6.07, 6.45) is 1.39. The van der Waals surface area contributed by atoms with Gasteiger partial charge in [0.15, 0.2) is 0 Å².